The normalized spacial score (nSPS) is 14.5. The van der Waals surface area contributed by atoms with Crippen molar-refractivity contribution in [3.05, 3.63) is 302 Å². The first kappa shape index (κ1) is 34.0. The van der Waals surface area contributed by atoms with Crippen molar-refractivity contribution < 1.29 is 21.9 Å². The van der Waals surface area contributed by atoms with Crippen LogP contribution in [0.3, 0.4) is 0 Å². The van der Waals surface area contributed by atoms with E-state index in [2.05, 4.69) is 6.07 Å². The summed E-state index contributed by atoms with van der Waals surface area (Å²) in [6.07, 6.45) is 0. The quantitative estimate of drug-likeness (QED) is 0.150. The van der Waals surface area contributed by atoms with Gasteiger partial charge < -0.3 is 18.3 Å². The molecule has 0 unspecified atom stereocenters. The average molecular weight is 1080 g/mol. The molecule has 0 spiro atoms. The Labute approximate surface area is 506 Å². The highest BCUT2D eigenvalue weighted by molar-refractivity contribution is 6.16. The zero-order valence-corrected chi connectivity index (χ0v) is 44.3. The van der Waals surface area contributed by atoms with Crippen molar-refractivity contribution in [2.75, 3.05) is 0 Å². The van der Waals surface area contributed by atoms with Crippen LogP contribution >= 0.6 is 0 Å². The predicted molar refractivity (Wildman–Crippen MR) is 350 cm³/mol. The SMILES string of the molecule is [2H]c1c([2H])c([2H])c2c(c1[2H])c1c([2H])c([2H])c([2H])c([2H])c1n2-c1cc(-n2c3ccc(-c4ccccc4)cc3c3cc(-c4ccccc4)ccc32)c(-n2c3c([2H])c([2H])c([2H])c([2H])c3c3c([2H])c([2H])c([2H])c([2H])c32)c(C#N)c1-n1c2ccc(-c3ccccc3)cc2c2cc(-c3ccccc3)ccc21. The van der Waals surface area contributed by atoms with E-state index in [0.29, 0.717) is 43.6 Å². The van der Waals surface area contributed by atoms with E-state index in [4.69, 9.17) is 5.48 Å². The Morgan fingerprint density at radius 3 is 0.821 bits per heavy atom. The Hall–Kier alpha value is -11.5. The second kappa shape index (κ2) is 18.8. The maximum Gasteiger partial charge on any atom is 0.104 e. The summed E-state index contributed by atoms with van der Waals surface area (Å²) in [5.74, 6) is 0. The van der Waals surface area contributed by atoms with Gasteiger partial charge in [0.2, 0.25) is 0 Å². The van der Waals surface area contributed by atoms with E-state index in [1.54, 1.807) is 6.07 Å². The van der Waals surface area contributed by atoms with Crippen LogP contribution in [0.2, 0.25) is 0 Å². The molecule has 0 bridgehead atoms. The molecule has 390 valence electrons. The van der Waals surface area contributed by atoms with Gasteiger partial charge in [0.15, 0.2) is 0 Å². The first-order valence-electron chi connectivity index (χ1n) is 35.3. The molecular formula is C79H49N5. The molecule has 0 amide bonds. The number of nitrogens with zero attached hydrogens (tertiary/aromatic N) is 5. The summed E-state index contributed by atoms with van der Waals surface area (Å²) in [5.41, 5.74) is 6.91. The van der Waals surface area contributed by atoms with E-state index < -0.39 is 96.7 Å². The van der Waals surface area contributed by atoms with Crippen molar-refractivity contribution in [3.8, 4) is 73.3 Å². The molecule has 0 radical (unpaired) electrons. The van der Waals surface area contributed by atoms with Gasteiger partial charge in [-0.15, -0.1) is 0 Å². The fourth-order valence-corrected chi connectivity index (χ4v) is 12.6. The Morgan fingerprint density at radius 1 is 0.250 bits per heavy atom. The van der Waals surface area contributed by atoms with Crippen molar-refractivity contribution in [3.63, 3.8) is 0 Å². The molecule has 0 atom stereocenters. The van der Waals surface area contributed by atoms with E-state index in [1.807, 2.05) is 203 Å². The highest BCUT2D eigenvalue weighted by atomic mass is 15.1. The van der Waals surface area contributed by atoms with Gasteiger partial charge in [0.25, 0.3) is 0 Å². The minimum absolute atomic E-state index is 0.0176. The van der Waals surface area contributed by atoms with Gasteiger partial charge in [-0.05, 0) is 123 Å². The van der Waals surface area contributed by atoms with Crippen LogP contribution in [0.5, 0.6) is 0 Å². The van der Waals surface area contributed by atoms with Gasteiger partial charge >= 0.3 is 0 Å². The van der Waals surface area contributed by atoms with Crippen molar-refractivity contribution in [1.82, 2.24) is 18.3 Å². The number of hydrogen-bond acceptors (Lipinski definition) is 1. The van der Waals surface area contributed by atoms with Gasteiger partial charge in [-0.1, -0.05) is 218 Å². The average Bonchev–Trinajstić information content (AvgIpc) is 1.51. The van der Waals surface area contributed by atoms with Gasteiger partial charge in [-0.2, -0.15) is 5.26 Å². The van der Waals surface area contributed by atoms with Crippen LogP contribution < -0.4 is 0 Å². The molecule has 4 heterocycles. The summed E-state index contributed by atoms with van der Waals surface area (Å²) >= 11 is 0. The molecule has 17 rings (SSSR count). The fourth-order valence-electron chi connectivity index (χ4n) is 12.6. The molecule has 0 N–H and O–H groups in total. The summed E-state index contributed by atoms with van der Waals surface area (Å²) in [7, 11) is 0. The Morgan fingerprint density at radius 2 is 0.512 bits per heavy atom. The van der Waals surface area contributed by atoms with Gasteiger partial charge in [-0.3, -0.25) is 0 Å². The number of rotatable bonds is 8. The van der Waals surface area contributed by atoms with Crippen LogP contribution in [0, 0.1) is 11.3 Å². The van der Waals surface area contributed by atoms with Crippen molar-refractivity contribution in [1.29, 1.82) is 5.26 Å². The lowest BCUT2D eigenvalue weighted by atomic mass is 10.0. The Balaban J connectivity index is 1.19. The number of benzene rings is 13. The first-order valence-corrected chi connectivity index (χ1v) is 27.3. The standard InChI is InChI=1S/C79H49N5/c80-50-67-78(83-70-35-19-15-31-61(70)62-32-16-20-36-71(62)83)77(82-72-41-37-55(51-21-5-1-6-22-51)45-63(72)64-46-56(38-42-73(64)82)52-23-7-2-8-24-52)49-76(81-68-33-17-13-29-59(68)60-30-14-18-34-69(60)81)79(67)84-74-43-39-57(53-25-9-3-10-26-53)47-65(74)66-48-58(40-44-75(66)84)54-27-11-4-12-28-54/h1-49H/i13D,14D,15D,16D,17D,18D,19D,20D,29D,30D,31D,32D,33D,34D,35D,36D. The fraction of sp³-hybridized carbons (Fsp3) is 0. The second-order valence-corrected chi connectivity index (χ2v) is 20.7. The van der Waals surface area contributed by atoms with Crippen LogP contribution in [-0.4, -0.2) is 18.3 Å². The summed E-state index contributed by atoms with van der Waals surface area (Å²) in [4.78, 5) is 0. The van der Waals surface area contributed by atoms with E-state index >= 15 is 0 Å². The minimum Gasteiger partial charge on any atom is -0.307 e. The van der Waals surface area contributed by atoms with E-state index in [-0.39, 0.29) is 71.9 Å². The van der Waals surface area contributed by atoms with Crippen LogP contribution in [-0.2, 0) is 0 Å². The molecular weight excluding hydrogens is 1020 g/mol. The summed E-state index contributed by atoms with van der Waals surface area (Å²) < 4.78 is 160. The molecule has 0 saturated carbocycles. The molecule has 5 heteroatoms. The van der Waals surface area contributed by atoms with Crippen molar-refractivity contribution >= 4 is 87.2 Å². The molecule has 84 heavy (non-hydrogen) atoms. The lowest BCUT2D eigenvalue weighted by molar-refractivity contribution is 1.03. The minimum atomic E-state index is -0.716. The Kier molecular flexibility index (Phi) is 7.61. The molecule has 5 nitrogen and oxygen atoms in total. The largest absolute Gasteiger partial charge is 0.307 e. The van der Waals surface area contributed by atoms with Crippen LogP contribution in [0.25, 0.3) is 154 Å². The smallest absolute Gasteiger partial charge is 0.104 e. The lowest BCUT2D eigenvalue weighted by Gasteiger charge is -2.25. The zero-order chi connectivity index (χ0) is 69.3. The third-order valence-corrected chi connectivity index (χ3v) is 16.3. The number of nitriles is 1. The molecule has 0 fully saturated rings. The molecule has 0 saturated heterocycles. The summed E-state index contributed by atoms with van der Waals surface area (Å²) in [6.45, 7) is 0. The summed E-state index contributed by atoms with van der Waals surface area (Å²) in [6, 6.07) is 56.0. The van der Waals surface area contributed by atoms with Gasteiger partial charge in [0, 0.05) is 43.1 Å². The predicted octanol–water partition coefficient (Wildman–Crippen LogP) is 20.6. The van der Waals surface area contributed by atoms with Crippen molar-refractivity contribution in [2.24, 2.45) is 0 Å². The zero-order valence-electron chi connectivity index (χ0n) is 60.3. The molecule has 4 aromatic heterocycles. The first-order chi connectivity index (χ1) is 48.3. The highest BCUT2D eigenvalue weighted by Gasteiger charge is 2.31. The van der Waals surface area contributed by atoms with E-state index in [0.717, 1.165) is 44.5 Å². The number of para-hydroxylation sites is 4. The van der Waals surface area contributed by atoms with Gasteiger partial charge in [0.05, 0.1) is 88.8 Å². The topological polar surface area (TPSA) is 43.5 Å². The van der Waals surface area contributed by atoms with Gasteiger partial charge in [0.1, 0.15) is 11.6 Å². The third-order valence-electron chi connectivity index (χ3n) is 16.3. The highest BCUT2D eigenvalue weighted by Crippen LogP contribution is 2.48. The van der Waals surface area contributed by atoms with Crippen LogP contribution in [0.4, 0.5) is 0 Å². The lowest BCUT2D eigenvalue weighted by Crippen LogP contribution is -2.13. The van der Waals surface area contributed by atoms with E-state index in [1.165, 1.54) is 9.13 Å². The number of fused-ring (bicyclic) bond motifs is 12. The van der Waals surface area contributed by atoms with Crippen LogP contribution in [0.15, 0.2) is 297 Å². The number of hydrogen-bond donors (Lipinski definition) is 0. The summed E-state index contributed by atoms with van der Waals surface area (Å²) in [5, 5.41) is 14.8. The molecule has 17 aromatic rings. The molecule has 0 aliphatic carbocycles. The Bertz CT molecular complexity index is 6190. The molecule has 13 aromatic carbocycles. The van der Waals surface area contributed by atoms with Gasteiger partial charge in [-0.25, -0.2) is 0 Å². The third kappa shape index (κ3) is 7.14. The van der Waals surface area contributed by atoms with Crippen molar-refractivity contribution in [2.45, 2.75) is 0 Å². The molecule has 0 aliphatic heterocycles. The second-order valence-electron chi connectivity index (χ2n) is 20.7. The van der Waals surface area contributed by atoms with E-state index in [9.17, 15) is 21.7 Å². The van der Waals surface area contributed by atoms with Crippen LogP contribution in [0.1, 0.15) is 27.5 Å². The maximum absolute atomic E-state index is 13.2. The molecule has 0 aliphatic rings. The number of aromatic nitrogens is 4. The monoisotopic (exact) mass is 1080 g/mol. The maximum atomic E-state index is 13.2.